The molecule has 0 fully saturated rings. The normalized spacial score (nSPS) is 8.74. The molecule has 1 aromatic rings. The number of carbonyl (C=O) groups excluding carboxylic acids is 3. The number of hydrogen-bond donors (Lipinski definition) is 2. The van der Waals surface area contributed by atoms with Gasteiger partial charge in [-0.3, -0.25) is 19.3 Å². The fourth-order valence-corrected chi connectivity index (χ4v) is 7.35. The van der Waals surface area contributed by atoms with E-state index in [-0.39, 0.29) is 12.1 Å². The van der Waals surface area contributed by atoms with E-state index in [1.807, 2.05) is 0 Å². The van der Waals surface area contributed by atoms with Gasteiger partial charge in [0.15, 0.2) is 0 Å². The number of thiophene rings is 1. The van der Waals surface area contributed by atoms with Crippen LogP contribution >= 0.6 is 11.3 Å². The largest absolute Gasteiger partial charge is 0.312 e. The van der Waals surface area contributed by atoms with Crippen molar-refractivity contribution in [2.75, 3.05) is 18.4 Å². The predicted molar refractivity (Wildman–Crippen MR) is 280 cm³/mol. The lowest BCUT2D eigenvalue weighted by molar-refractivity contribution is -0.122. The fourth-order valence-electron chi connectivity index (χ4n) is 6.15. The van der Waals surface area contributed by atoms with Crippen LogP contribution in [0.2, 0.25) is 0 Å². The van der Waals surface area contributed by atoms with Crippen LogP contribution in [-0.2, 0) is 22.6 Å². The Labute approximate surface area is 417 Å². The van der Waals surface area contributed by atoms with Gasteiger partial charge in [-0.25, -0.2) is 0 Å². The van der Waals surface area contributed by atoms with Gasteiger partial charge in [0.2, 0.25) is 0 Å². The van der Waals surface area contributed by atoms with Crippen LogP contribution in [0.25, 0.3) is 0 Å². The number of nitrogens with one attached hydrogen (secondary N) is 2. The van der Waals surface area contributed by atoms with E-state index in [2.05, 4.69) is 207 Å². The smallest absolute Gasteiger partial charge is 0.306 e. The number of imide groups is 1. The molecule has 1 aliphatic rings. The molecule has 0 aromatic carbocycles. The summed E-state index contributed by atoms with van der Waals surface area (Å²) in [5.41, 5.74) is 1.03. The summed E-state index contributed by atoms with van der Waals surface area (Å²) >= 11 is 1.27. The van der Waals surface area contributed by atoms with Crippen LogP contribution in [0.1, 0.15) is 144 Å². The fraction of sp³-hybridized carbons (Fsp3) is 0.371. The molecule has 0 saturated carbocycles. The first-order chi connectivity index (χ1) is 34.0. The lowest BCUT2D eigenvalue weighted by Gasteiger charge is -2.21. The van der Waals surface area contributed by atoms with Crippen molar-refractivity contribution in [2.45, 2.75) is 136 Å². The minimum Gasteiger partial charge on any atom is -0.312 e. The highest BCUT2D eigenvalue weighted by atomic mass is 32.1. The van der Waals surface area contributed by atoms with Crippen molar-refractivity contribution in [1.29, 1.82) is 0 Å². The Morgan fingerprint density at radius 1 is 0.493 bits per heavy atom. The Bertz CT molecular complexity index is 3060. The van der Waals surface area contributed by atoms with Crippen molar-refractivity contribution in [3.05, 3.63) is 16.0 Å². The second-order valence-corrected chi connectivity index (χ2v) is 15.5. The van der Waals surface area contributed by atoms with Gasteiger partial charge in [0.05, 0.1) is 5.56 Å². The molecule has 0 saturated heterocycles. The zero-order valence-corrected chi connectivity index (χ0v) is 40.5. The summed E-state index contributed by atoms with van der Waals surface area (Å²) < 4.78 is 0. The van der Waals surface area contributed by atoms with E-state index >= 15 is 0 Å². The maximum absolute atomic E-state index is 14.4. The number of anilines is 1. The molecule has 2 heterocycles. The van der Waals surface area contributed by atoms with Gasteiger partial charge in [0.25, 0.3) is 5.91 Å². The van der Waals surface area contributed by atoms with Crippen molar-refractivity contribution < 1.29 is 14.4 Å². The molecule has 0 spiro atoms. The van der Waals surface area contributed by atoms with Crippen LogP contribution in [0.5, 0.6) is 0 Å². The Balaban J connectivity index is 2.17. The van der Waals surface area contributed by atoms with E-state index in [1.54, 1.807) is 13.8 Å². The molecule has 0 aliphatic carbocycles. The van der Waals surface area contributed by atoms with E-state index in [0.717, 1.165) is 34.6 Å². The summed E-state index contributed by atoms with van der Waals surface area (Å²) in [7, 11) is 0. The standard InChI is InChI=1S/C62H51N3O3S/c1-4-7-10-13-16-19-22-25-28-31-34-37-40-43-46-49-54-65(59(67)51-48-45-42-39-36-33-30-27-24-21-18-15-12-9-6-3)62(68)60-56-52-53-63-55-57(56)69-61(60)64-58(66)50-47-44-41-38-35-32-29-26-23-20-17-14-11-8-5-2/h63H,4,7,10,13,16,19,22,25,28,31,34,37,40,43,46,49,52-55H2,1-3H3,(H,64,66). The topological polar surface area (TPSA) is 78.5 Å². The minimum atomic E-state index is -0.707. The minimum absolute atomic E-state index is 0.153. The van der Waals surface area contributed by atoms with Gasteiger partial charge in [-0.15, -0.1) is 11.3 Å². The average molecular weight is 918 g/mol. The Hall–Kier alpha value is -8.77. The molecule has 0 radical (unpaired) electrons. The highest BCUT2D eigenvalue weighted by Crippen LogP contribution is 2.36. The summed E-state index contributed by atoms with van der Waals surface area (Å²) in [6.07, 6.45) is 19.7. The molecule has 2 N–H and O–H groups in total. The number of unbranched alkanes of at least 4 members (excludes halogenated alkanes) is 15. The predicted octanol–water partition coefficient (Wildman–Crippen LogP) is 7.66. The first-order valence-corrected chi connectivity index (χ1v) is 23.7. The first-order valence-electron chi connectivity index (χ1n) is 22.9. The molecule has 338 valence electrons. The summed E-state index contributed by atoms with van der Waals surface area (Å²) in [6.45, 7) is 6.91. The van der Waals surface area contributed by atoms with Crippen LogP contribution < -0.4 is 10.6 Å². The van der Waals surface area contributed by atoms with Crippen LogP contribution in [-0.4, -0.2) is 35.7 Å². The summed E-state index contributed by atoms with van der Waals surface area (Å²) in [4.78, 5) is 43.2. The number of fused-ring (bicyclic) bond motifs is 1. The van der Waals surface area contributed by atoms with E-state index in [9.17, 15) is 14.4 Å². The Morgan fingerprint density at radius 3 is 1.26 bits per heavy atom. The van der Waals surface area contributed by atoms with Crippen molar-refractivity contribution in [3.63, 3.8) is 0 Å². The third-order valence-corrected chi connectivity index (χ3v) is 10.5. The Morgan fingerprint density at radius 2 is 0.855 bits per heavy atom. The van der Waals surface area contributed by atoms with E-state index in [1.165, 1.54) is 88.4 Å². The lowest BCUT2D eigenvalue weighted by atomic mass is 10.0. The third kappa shape index (κ3) is 28.7. The monoisotopic (exact) mass is 917 g/mol. The number of rotatable bonds is 19. The summed E-state index contributed by atoms with van der Waals surface area (Å²) in [6, 6.07) is 0. The van der Waals surface area contributed by atoms with Crippen LogP contribution in [0.4, 0.5) is 5.00 Å². The molecular weight excluding hydrogens is 867 g/mol. The summed E-state index contributed by atoms with van der Waals surface area (Å²) in [5.74, 6) is 79.1. The Kier molecular flexibility index (Phi) is 33.3. The highest BCUT2D eigenvalue weighted by molar-refractivity contribution is 7.17. The van der Waals surface area contributed by atoms with Gasteiger partial charge < -0.3 is 10.6 Å². The van der Waals surface area contributed by atoms with Crippen LogP contribution in [0.15, 0.2) is 0 Å². The first kappa shape index (κ1) is 56.4. The zero-order valence-electron chi connectivity index (χ0n) is 39.7. The van der Waals surface area contributed by atoms with Gasteiger partial charge in [-0.1, -0.05) is 115 Å². The second kappa shape index (κ2) is 40.7. The molecule has 3 amide bonds. The van der Waals surface area contributed by atoms with Gasteiger partial charge in [0, 0.05) is 29.8 Å². The molecule has 0 unspecified atom stereocenters. The average Bonchev–Trinajstić information content (AvgIpc) is 3.72. The quantitative estimate of drug-likeness (QED) is 0.111. The van der Waals surface area contributed by atoms with Gasteiger partial charge in [0.1, 0.15) is 5.00 Å². The number of hydrogen-bond acceptors (Lipinski definition) is 5. The van der Waals surface area contributed by atoms with Crippen LogP contribution in [0, 0.1) is 189 Å². The number of amides is 3. The molecule has 6 nitrogen and oxygen atoms in total. The number of nitrogens with zero attached hydrogens (tertiary/aromatic N) is 1. The molecule has 69 heavy (non-hydrogen) atoms. The van der Waals surface area contributed by atoms with E-state index in [0.29, 0.717) is 30.9 Å². The second-order valence-electron chi connectivity index (χ2n) is 14.4. The highest BCUT2D eigenvalue weighted by Gasteiger charge is 2.31. The maximum atomic E-state index is 14.4. The molecule has 7 heteroatoms. The van der Waals surface area contributed by atoms with Crippen molar-refractivity contribution in [3.8, 4) is 189 Å². The zero-order chi connectivity index (χ0) is 49.5. The van der Waals surface area contributed by atoms with Crippen molar-refractivity contribution in [1.82, 2.24) is 10.2 Å². The SMILES string of the molecule is CC#CC#CC#CC#CC#CC#CC#CC#CC(=O)Nc1sc2c(c1C(=O)N(CCCCCCCCCCCCCCCCCC)C(=O)C#CC#CC#CC#CC#CC#CC#CC#CC)CCNC2. The molecular formula is C62H51N3O3S. The van der Waals surface area contributed by atoms with Crippen molar-refractivity contribution in [2.24, 2.45) is 0 Å². The lowest BCUT2D eigenvalue weighted by Crippen LogP contribution is -2.38. The molecule has 1 aromatic heterocycles. The van der Waals surface area contributed by atoms with Crippen LogP contribution in [0.3, 0.4) is 0 Å². The van der Waals surface area contributed by atoms with Gasteiger partial charge in [-0.05, 0) is 205 Å². The van der Waals surface area contributed by atoms with Crippen molar-refractivity contribution >= 4 is 34.1 Å². The van der Waals surface area contributed by atoms with Gasteiger partial charge in [-0.2, -0.15) is 0 Å². The third-order valence-electron chi connectivity index (χ3n) is 9.31. The molecule has 1 aliphatic heterocycles. The summed E-state index contributed by atoms with van der Waals surface area (Å²) in [5, 5.41) is 6.36. The van der Waals surface area contributed by atoms with E-state index in [4.69, 9.17) is 0 Å². The van der Waals surface area contributed by atoms with E-state index < -0.39 is 17.7 Å². The molecule has 0 bridgehead atoms. The maximum Gasteiger partial charge on any atom is 0.306 e. The number of carbonyl (C=O) groups is 3. The van der Waals surface area contributed by atoms with Gasteiger partial charge >= 0.3 is 11.8 Å². The molecule has 2 rings (SSSR count). The molecule has 0 atom stereocenters.